The van der Waals surface area contributed by atoms with Gasteiger partial charge in [-0.2, -0.15) is 0 Å². The zero-order chi connectivity index (χ0) is 14.5. The molecule has 108 valence electrons. The Hall–Kier alpha value is -1.07. The van der Waals surface area contributed by atoms with E-state index in [4.69, 9.17) is 5.73 Å². The van der Waals surface area contributed by atoms with Crippen LogP contribution in [0.1, 0.15) is 39.2 Å². The van der Waals surface area contributed by atoms with Gasteiger partial charge in [-0.3, -0.25) is 0 Å². The van der Waals surface area contributed by atoms with E-state index in [9.17, 15) is 8.42 Å². The van der Waals surface area contributed by atoms with Crippen molar-refractivity contribution in [3.05, 3.63) is 23.8 Å². The van der Waals surface area contributed by atoms with Crippen molar-refractivity contribution in [3.8, 4) is 0 Å². The van der Waals surface area contributed by atoms with Gasteiger partial charge in [-0.1, -0.05) is 26.8 Å². The summed E-state index contributed by atoms with van der Waals surface area (Å²) < 4.78 is 26.7. The van der Waals surface area contributed by atoms with E-state index in [1.165, 1.54) is 6.07 Å². The smallest absolute Gasteiger partial charge is 0.240 e. The Morgan fingerprint density at radius 3 is 2.53 bits per heavy atom. The van der Waals surface area contributed by atoms with Crippen LogP contribution >= 0.6 is 0 Å². The van der Waals surface area contributed by atoms with Gasteiger partial charge in [-0.15, -0.1) is 0 Å². The normalized spacial score (nSPS) is 12.0. The Labute approximate surface area is 116 Å². The van der Waals surface area contributed by atoms with Crippen molar-refractivity contribution in [2.45, 2.75) is 44.9 Å². The van der Waals surface area contributed by atoms with Crippen LogP contribution in [0.3, 0.4) is 0 Å². The lowest BCUT2D eigenvalue weighted by atomic mass is 10.1. The number of rotatable bonds is 7. The first-order valence-corrected chi connectivity index (χ1v) is 8.23. The largest absolute Gasteiger partial charge is 0.398 e. The highest BCUT2D eigenvalue weighted by molar-refractivity contribution is 7.89. The highest BCUT2D eigenvalue weighted by Gasteiger charge is 2.14. The van der Waals surface area contributed by atoms with Crippen LogP contribution in [-0.4, -0.2) is 15.0 Å². The molecule has 0 heterocycles. The van der Waals surface area contributed by atoms with Crippen LogP contribution in [0.25, 0.3) is 0 Å². The second-order valence-electron chi connectivity index (χ2n) is 5.15. The first-order chi connectivity index (χ1) is 8.86. The summed E-state index contributed by atoms with van der Waals surface area (Å²) in [5.74, 6) is 0.587. The van der Waals surface area contributed by atoms with Crippen LogP contribution in [-0.2, 0) is 16.4 Å². The monoisotopic (exact) mass is 284 g/mol. The molecule has 1 aromatic carbocycles. The second kappa shape index (κ2) is 6.91. The van der Waals surface area contributed by atoms with E-state index in [2.05, 4.69) is 18.6 Å². The number of aryl methyl sites for hydroxylation is 1. The van der Waals surface area contributed by atoms with E-state index in [1.807, 2.05) is 6.92 Å². The number of nitrogens with one attached hydrogen (secondary N) is 1. The Morgan fingerprint density at radius 1 is 1.32 bits per heavy atom. The van der Waals surface area contributed by atoms with Crippen molar-refractivity contribution in [1.82, 2.24) is 4.72 Å². The van der Waals surface area contributed by atoms with Crippen molar-refractivity contribution in [2.24, 2.45) is 5.92 Å². The molecule has 19 heavy (non-hydrogen) atoms. The molecule has 0 aliphatic carbocycles. The van der Waals surface area contributed by atoms with Gasteiger partial charge in [0, 0.05) is 12.2 Å². The topological polar surface area (TPSA) is 72.2 Å². The van der Waals surface area contributed by atoms with Crippen molar-refractivity contribution >= 4 is 15.7 Å². The van der Waals surface area contributed by atoms with Crippen LogP contribution in [0, 0.1) is 5.92 Å². The maximum atomic E-state index is 12.1. The Bertz CT molecular complexity index is 510. The molecule has 0 saturated heterocycles. The number of nitrogens with two attached hydrogens (primary N) is 1. The Balaban J connectivity index is 2.69. The molecule has 0 radical (unpaired) electrons. The third-order valence-corrected chi connectivity index (χ3v) is 4.52. The van der Waals surface area contributed by atoms with Gasteiger partial charge in [-0.05, 0) is 42.9 Å². The second-order valence-corrected chi connectivity index (χ2v) is 6.91. The van der Waals surface area contributed by atoms with Gasteiger partial charge in [0.15, 0.2) is 0 Å². The fourth-order valence-corrected chi connectivity index (χ4v) is 2.97. The first-order valence-electron chi connectivity index (χ1n) is 6.75. The van der Waals surface area contributed by atoms with Crippen LogP contribution in [0.5, 0.6) is 0 Å². The molecule has 0 aliphatic heterocycles. The summed E-state index contributed by atoms with van der Waals surface area (Å²) in [5.41, 5.74) is 7.34. The summed E-state index contributed by atoms with van der Waals surface area (Å²) in [6.07, 6.45) is 2.66. The molecular weight excluding hydrogens is 260 g/mol. The van der Waals surface area contributed by atoms with Crippen molar-refractivity contribution in [2.75, 3.05) is 12.3 Å². The Kier molecular flexibility index (Phi) is 5.82. The average Bonchev–Trinajstić information content (AvgIpc) is 2.34. The summed E-state index contributed by atoms with van der Waals surface area (Å²) in [6.45, 7) is 6.71. The summed E-state index contributed by atoms with van der Waals surface area (Å²) in [7, 11) is -3.44. The van der Waals surface area contributed by atoms with E-state index in [-0.39, 0.29) is 4.90 Å². The molecule has 0 aromatic heterocycles. The quantitative estimate of drug-likeness (QED) is 0.597. The fourth-order valence-electron chi connectivity index (χ4n) is 1.86. The van der Waals surface area contributed by atoms with Crippen molar-refractivity contribution < 1.29 is 8.42 Å². The zero-order valence-corrected chi connectivity index (χ0v) is 12.8. The van der Waals surface area contributed by atoms with Gasteiger partial charge >= 0.3 is 0 Å². The summed E-state index contributed by atoms with van der Waals surface area (Å²) >= 11 is 0. The van der Waals surface area contributed by atoms with Crippen LogP contribution in [0.15, 0.2) is 23.1 Å². The van der Waals surface area contributed by atoms with Crippen LogP contribution in [0.4, 0.5) is 5.69 Å². The van der Waals surface area contributed by atoms with E-state index >= 15 is 0 Å². The lowest BCUT2D eigenvalue weighted by molar-refractivity contribution is 0.540. The molecule has 3 N–H and O–H groups in total. The van der Waals surface area contributed by atoms with Gasteiger partial charge in [0.2, 0.25) is 10.0 Å². The predicted octanol–water partition coefficient (Wildman–Crippen LogP) is 2.55. The SMILES string of the molecule is CCc1ccc(S(=O)(=O)NCCCC(C)C)cc1N. The lowest BCUT2D eigenvalue weighted by Gasteiger charge is -2.10. The van der Waals surface area contributed by atoms with Crippen molar-refractivity contribution in [1.29, 1.82) is 0 Å². The maximum Gasteiger partial charge on any atom is 0.240 e. The predicted molar refractivity (Wildman–Crippen MR) is 79.5 cm³/mol. The average molecular weight is 284 g/mol. The van der Waals surface area contributed by atoms with Crippen molar-refractivity contribution in [3.63, 3.8) is 0 Å². The molecule has 0 unspecified atom stereocenters. The van der Waals surface area contributed by atoms with Gasteiger partial charge in [0.05, 0.1) is 4.90 Å². The van der Waals surface area contributed by atoms with E-state index in [0.29, 0.717) is 18.2 Å². The van der Waals surface area contributed by atoms with Gasteiger partial charge in [0.1, 0.15) is 0 Å². The number of nitrogen functional groups attached to an aromatic ring is 1. The molecule has 5 heteroatoms. The molecule has 1 rings (SSSR count). The van der Waals surface area contributed by atoms with Gasteiger partial charge in [-0.25, -0.2) is 13.1 Å². The number of hydrogen-bond donors (Lipinski definition) is 2. The summed E-state index contributed by atoms with van der Waals surface area (Å²) in [5, 5.41) is 0. The molecule has 0 amide bonds. The van der Waals surface area contributed by atoms with Gasteiger partial charge < -0.3 is 5.73 Å². The summed E-state index contributed by atoms with van der Waals surface area (Å²) in [6, 6.07) is 4.92. The molecule has 0 bridgehead atoms. The fraction of sp³-hybridized carbons (Fsp3) is 0.571. The van der Waals surface area contributed by atoms with E-state index < -0.39 is 10.0 Å². The Morgan fingerprint density at radius 2 is 2.00 bits per heavy atom. The zero-order valence-electron chi connectivity index (χ0n) is 11.9. The van der Waals surface area contributed by atoms with E-state index in [1.54, 1.807) is 12.1 Å². The van der Waals surface area contributed by atoms with Gasteiger partial charge in [0.25, 0.3) is 0 Å². The molecule has 0 saturated carbocycles. The molecule has 0 atom stereocenters. The maximum absolute atomic E-state index is 12.1. The number of sulfonamides is 1. The molecular formula is C14H24N2O2S. The third-order valence-electron chi connectivity index (χ3n) is 3.06. The standard InChI is InChI=1S/C14H24N2O2S/c1-4-12-7-8-13(10-14(12)15)19(17,18)16-9-5-6-11(2)3/h7-8,10-11,16H,4-6,9,15H2,1-3H3. The number of hydrogen-bond acceptors (Lipinski definition) is 3. The minimum absolute atomic E-state index is 0.242. The molecule has 0 fully saturated rings. The van der Waals surface area contributed by atoms with Crippen LogP contribution < -0.4 is 10.5 Å². The number of anilines is 1. The molecule has 4 nitrogen and oxygen atoms in total. The molecule has 1 aromatic rings. The lowest BCUT2D eigenvalue weighted by Crippen LogP contribution is -2.25. The summed E-state index contributed by atoms with van der Waals surface area (Å²) in [4.78, 5) is 0.242. The van der Waals surface area contributed by atoms with E-state index in [0.717, 1.165) is 24.8 Å². The third kappa shape index (κ3) is 4.84. The molecule has 0 spiro atoms. The molecule has 0 aliphatic rings. The highest BCUT2D eigenvalue weighted by Crippen LogP contribution is 2.18. The minimum Gasteiger partial charge on any atom is -0.398 e. The van der Waals surface area contributed by atoms with Crippen LogP contribution in [0.2, 0.25) is 0 Å². The number of benzene rings is 1. The minimum atomic E-state index is -3.44. The highest BCUT2D eigenvalue weighted by atomic mass is 32.2. The first kappa shape index (κ1) is 16.0.